The lowest BCUT2D eigenvalue weighted by molar-refractivity contribution is -0.117. The third-order valence-electron chi connectivity index (χ3n) is 3.08. The Morgan fingerprint density at radius 2 is 1.53 bits per heavy atom. The monoisotopic (exact) mass is 212 g/mol. The first-order valence-electron chi connectivity index (χ1n) is 6.55. The Labute approximate surface area is 95.6 Å². The molecule has 15 heavy (non-hydrogen) atoms. The molecule has 2 unspecified atom stereocenters. The van der Waals surface area contributed by atoms with Crippen molar-refractivity contribution < 1.29 is 4.79 Å². The molecule has 0 fully saturated rings. The zero-order chi connectivity index (χ0) is 11.7. The normalized spacial score (nSPS) is 14.9. The number of rotatable bonds is 9. The van der Waals surface area contributed by atoms with Crippen molar-refractivity contribution in [1.29, 1.82) is 0 Å². The van der Waals surface area contributed by atoms with E-state index in [1.807, 2.05) is 0 Å². The average molecular weight is 212 g/mol. The number of hydrogen-bond acceptors (Lipinski definition) is 1. The number of unbranched alkanes of at least 4 members (excludes halogenated alkanes) is 1. The topological polar surface area (TPSA) is 17.1 Å². The largest absolute Gasteiger partial charge is 0.300 e. The van der Waals surface area contributed by atoms with Crippen LogP contribution >= 0.6 is 0 Å². The van der Waals surface area contributed by atoms with E-state index in [1.165, 1.54) is 38.5 Å². The minimum Gasteiger partial charge on any atom is -0.300 e. The van der Waals surface area contributed by atoms with Crippen molar-refractivity contribution in [3.63, 3.8) is 0 Å². The summed E-state index contributed by atoms with van der Waals surface area (Å²) in [5, 5.41) is 0. The highest BCUT2D eigenvalue weighted by Gasteiger charge is 2.07. The molecule has 0 heterocycles. The lowest BCUT2D eigenvalue weighted by Crippen LogP contribution is -2.03. The molecule has 0 amide bonds. The van der Waals surface area contributed by atoms with Crippen LogP contribution in [0, 0.1) is 11.8 Å². The van der Waals surface area contributed by atoms with E-state index < -0.39 is 0 Å². The van der Waals surface area contributed by atoms with Gasteiger partial charge in [0.05, 0.1) is 0 Å². The maximum atomic E-state index is 10.9. The van der Waals surface area contributed by atoms with Gasteiger partial charge in [-0.15, -0.1) is 0 Å². The molecule has 0 aromatic carbocycles. The Bertz CT molecular complexity index is 163. The summed E-state index contributed by atoms with van der Waals surface area (Å²) in [7, 11) is 0. The molecule has 1 nitrogen and oxygen atoms in total. The number of hydrogen-bond donors (Lipinski definition) is 0. The van der Waals surface area contributed by atoms with Crippen molar-refractivity contribution in [3.05, 3.63) is 0 Å². The number of carbonyl (C=O) groups is 1. The minimum absolute atomic E-state index is 0.335. The molecule has 1 heteroatoms. The SMILES string of the molecule is CCCCC(C)CCCC(C)CC(C)=O. The highest BCUT2D eigenvalue weighted by molar-refractivity contribution is 5.75. The molecule has 0 aromatic rings. The summed E-state index contributed by atoms with van der Waals surface area (Å²) in [5.41, 5.74) is 0. The second-order valence-corrected chi connectivity index (χ2v) is 5.19. The van der Waals surface area contributed by atoms with Crippen LogP contribution in [0.5, 0.6) is 0 Å². The van der Waals surface area contributed by atoms with E-state index in [1.54, 1.807) is 6.92 Å². The van der Waals surface area contributed by atoms with Crippen LogP contribution in [0.1, 0.15) is 72.6 Å². The van der Waals surface area contributed by atoms with Crippen LogP contribution < -0.4 is 0 Å². The molecule has 0 aromatic heterocycles. The molecule has 0 aliphatic rings. The zero-order valence-corrected chi connectivity index (χ0v) is 11.0. The van der Waals surface area contributed by atoms with Crippen LogP contribution in [-0.4, -0.2) is 5.78 Å². The summed E-state index contributed by atoms with van der Waals surface area (Å²) < 4.78 is 0. The first-order valence-corrected chi connectivity index (χ1v) is 6.55. The molecule has 0 aliphatic heterocycles. The lowest BCUT2D eigenvalue weighted by atomic mass is 9.93. The molecule has 90 valence electrons. The molecule has 0 saturated carbocycles. The first kappa shape index (κ1) is 14.7. The van der Waals surface area contributed by atoms with Crippen LogP contribution in [-0.2, 0) is 4.79 Å². The molecule has 0 aliphatic carbocycles. The maximum Gasteiger partial charge on any atom is 0.130 e. The van der Waals surface area contributed by atoms with Crippen molar-refractivity contribution in [2.75, 3.05) is 0 Å². The number of ketones is 1. The zero-order valence-electron chi connectivity index (χ0n) is 11.0. The fraction of sp³-hybridized carbons (Fsp3) is 0.929. The van der Waals surface area contributed by atoms with Crippen molar-refractivity contribution >= 4 is 5.78 Å². The van der Waals surface area contributed by atoms with E-state index in [9.17, 15) is 4.79 Å². The van der Waals surface area contributed by atoms with E-state index in [4.69, 9.17) is 0 Å². The van der Waals surface area contributed by atoms with Gasteiger partial charge in [-0.2, -0.15) is 0 Å². The lowest BCUT2D eigenvalue weighted by Gasteiger charge is -2.13. The van der Waals surface area contributed by atoms with Crippen LogP contribution in [0.15, 0.2) is 0 Å². The molecule has 0 spiro atoms. The van der Waals surface area contributed by atoms with Crippen molar-refractivity contribution in [1.82, 2.24) is 0 Å². The summed E-state index contributed by atoms with van der Waals surface area (Å²) in [6, 6.07) is 0. The van der Waals surface area contributed by atoms with E-state index in [0.717, 1.165) is 12.3 Å². The molecular weight excluding hydrogens is 184 g/mol. The molecular formula is C14H28O. The van der Waals surface area contributed by atoms with E-state index in [-0.39, 0.29) is 0 Å². The average Bonchev–Trinajstić information content (AvgIpc) is 2.13. The third-order valence-corrected chi connectivity index (χ3v) is 3.08. The van der Waals surface area contributed by atoms with Crippen LogP contribution in [0.25, 0.3) is 0 Å². The van der Waals surface area contributed by atoms with Crippen molar-refractivity contribution in [2.24, 2.45) is 11.8 Å². The van der Waals surface area contributed by atoms with Gasteiger partial charge < -0.3 is 4.79 Å². The van der Waals surface area contributed by atoms with Crippen molar-refractivity contribution in [2.45, 2.75) is 72.6 Å². The molecule has 0 bridgehead atoms. The molecule has 0 radical (unpaired) electrons. The van der Waals surface area contributed by atoms with E-state index in [2.05, 4.69) is 20.8 Å². The summed E-state index contributed by atoms with van der Waals surface area (Å²) >= 11 is 0. The van der Waals surface area contributed by atoms with E-state index >= 15 is 0 Å². The second-order valence-electron chi connectivity index (χ2n) is 5.19. The van der Waals surface area contributed by atoms with Gasteiger partial charge in [0.2, 0.25) is 0 Å². The standard InChI is InChI=1S/C14H28O/c1-5-6-8-12(2)9-7-10-13(3)11-14(4)15/h12-13H,5-11H2,1-4H3. The molecule has 0 saturated heterocycles. The van der Waals surface area contributed by atoms with Gasteiger partial charge in [-0.1, -0.05) is 59.3 Å². The van der Waals surface area contributed by atoms with Gasteiger partial charge >= 0.3 is 0 Å². The first-order chi connectivity index (χ1) is 7.06. The Balaban J connectivity index is 3.39. The molecule has 0 rings (SSSR count). The summed E-state index contributed by atoms with van der Waals surface area (Å²) in [4.78, 5) is 10.9. The van der Waals surface area contributed by atoms with Gasteiger partial charge in [-0.3, -0.25) is 0 Å². The highest BCUT2D eigenvalue weighted by atomic mass is 16.1. The predicted molar refractivity (Wildman–Crippen MR) is 67.0 cm³/mol. The molecule has 2 atom stereocenters. The van der Waals surface area contributed by atoms with Gasteiger partial charge in [0.1, 0.15) is 5.78 Å². The Morgan fingerprint density at radius 1 is 1.00 bits per heavy atom. The third kappa shape index (κ3) is 9.96. The summed E-state index contributed by atoms with van der Waals surface area (Å²) in [6.07, 6.45) is 8.66. The smallest absolute Gasteiger partial charge is 0.130 e. The quantitative estimate of drug-likeness (QED) is 0.546. The predicted octanol–water partition coefficient (Wildman–Crippen LogP) is 4.60. The number of Topliss-reactive ketones (excluding diaryl/α,β-unsaturated/α-hetero) is 1. The fourth-order valence-electron chi connectivity index (χ4n) is 2.10. The Morgan fingerprint density at radius 3 is 2.07 bits per heavy atom. The maximum absolute atomic E-state index is 10.9. The highest BCUT2D eigenvalue weighted by Crippen LogP contribution is 2.18. The summed E-state index contributed by atoms with van der Waals surface area (Å²) in [5.74, 6) is 1.79. The molecule has 0 N–H and O–H groups in total. The number of carbonyl (C=O) groups excluding carboxylic acids is 1. The van der Waals surface area contributed by atoms with E-state index in [0.29, 0.717) is 11.7 Å². The summed E-state index contributed by atoms with van der Waals surface area (Å²) in [6.45, 7) is 8.49. The van der Waals surface area contributed by atoms with Crippen LogP contribution in [0.4, 0.5) is 0 Å². The van der Waals surface area contributed by atoms with Gasteiger partial charge in [0.25, 0.3) is 0 Å². The van der Waals surface area contributed by atoms with Gasteiger partial charge in [0.15, 0.2) is 0 Å². The van der Waals surface area contributed by atoms with Crippen molar-refractivity contribution in [3.8, 4) is 0 Å². The minimum atomic E-state index is 0.335. The second kappa shape index (κ2) is 8.94. The van der Waals surface area contributed by atoms with Gasteiger partial charge in [-0.05, 0) is 18.8 Å². The van der Waals surface area contributed by atoms with Gasteiger partial charge in [0, 0.05) is 6.42 Å². The fourth-order valence-corrected chi connectivity index (χ4v) is 2.10. The Hall–Kier alpha value is -0.330. The Kier molecular flexibility index (Phi) is 8.74. The van der Waals surface area contributed by atoms with Crippen LogP contribution in [0.3, 0.4) is 0 Å². The van der Waals surface area contributed by atoms with Crippen LogP contribution in [0.2, 0.25) is 0 Å². The van der Waals surface area contributed by atoms with Gasteiger partial charge in [-0.25, -0.2) is 0 Å².